The van der Waals surface area contributed by atoms with Gasteiger partial charge in [0.1, 0.15) is 5.75 Å². The van der Waals surface area contributed by atoms with Gasteiger partial charge in [0.25, 0.3) is 0 Å². The lowest BCUT2D eigenvalue weighted by atomic mass is 10.0. The van der Waals surface area contributed by atoms with Crippen molar-refractivity contribution in [3.8, 4) is 5.75 Å². The van der Waals surface area contributed by atoms with Gasteiger partial charge in [0.2, 0.25) is 0 Å². The van der Waals surface area contributed by atoms with E-state index in [0.717, 1.165) is 30.6 Å². The van der Waals surface area contributed by atoms with Crippen LogP contribution in [0.2, 0.25) is 0 Å². The summed E-state index contributed by atoms with van der Waals surface area (Å²) >= 11 is 0. The fraction of sp³-hybridized carbons (Fsp3) is 0.412. The zero-order valence-corrected chi connectivity index (χ0v) is 13.5. The zero-order chi connectivity index (χ0) is 15.6. The van der Waals surface area contributed by atoms with Crippen LogP contribution in [0.4, 0.5) is 0 Å². The lowest BCUT2D eigenvalue weighted by Crippen LogP contribution is -2.23. The Kier molecular flexibility index (Phi) is 4.36. The molecule has 0 bridgehead atoms. The number of hydrogen-bond acceptors (Lipinski definition) is 4. The van der Waals surface area contributed by atoms with E-state index in [0.29, 0.717) is 11.5 Å². The van der Waals surface area contributed by atoms with Crippen LogP contribution in [-0.2, 0) is 16.4 Å². The van der Waals surface area contributed by atoms with Gasteiger partial charge in [0.15, 0.2) is 9.84 Å². The minimum absolute atomic E-state index is 0.245. The summed E-state index contributed by atoms with van der Waals surface area (Å²) in [6, 6.07) is 12.2. The summed E-state index contributed by atoms with van der Waals surface area (Å²) in [7, 11) is -1.11. The zero-order valence-electron chi connectivity index (χ0n) is 12.7. The smallest absolute Gasteiger partial charge is 0.150 e. The predicted octanol–water partition coefficient (Wildman–Crippen LogP) is 2.37. The van der Waals surface area contributed by atoms with Gasteiger partial charge in [0.05, 0.1) is 18.6 Å². The molecule has 0 aromatic heterocycles. The maximum atomic E-state index is 11.5. The van der Waals surface area contributed by atoms with Crippen molar-refractivity contribution in [1.82, 2.24) is 5.32 Å². The molecule has 1 fully saturated rings. The summed E-state index contributed by atoms with van der Waals surface area (Å²) in [6.45, 7) is 1.49. The SMILES string of the molecule is COc1ccc(CNCC2CCS(=O)(=O)C2)c2ccccc12. The van der Waals surface area contributed by atoms with E-state index >= 15 is 0 Å². The monoisotopic (exact) mass is 319 g/mol. The molecule has 118 valence electrons. The van der Waals surface area contributed by atoms with E-state index < -0.39 is 9.84 Å². The number of methoxy groups -OCH3 is 1. The molecule has 4 nitrogen and oxygen atoms in total. The number of nitrogens with one attached hydrogen (secondary N) is 1. The average molecular weight is 319 g/mol. The third-order valence-corrected chi connectivity index (χ3v) is 6.11. The Morgan fingerprint density at radius 1 is 1.18 bits per heavy atom. The number of fused-ring (bicyclic) bond motifs is 1. The molecule has 0 spiro atoms. The Morgan fingerprint density at radius 2 is 1.95 bits per heavy atom. The first-order valence-electron chi connectivity index (χ1n) is 7.55. The number of sulfone groups is 1. The molecule has 1 atom stereocenters. The molecule has 2 aromatic carbocycles. The van der Waals surface area contributed by atoms with Gasteiger partial charge >= 0.3 is 0 Å². The Balaban J connectivity index is 1.70. The molecule has 1 aliphatic rings. The molecule has 1 N–H and O–H groups in total. The summed E-state index contributed by atoms with van der Waals surface area (Å²) in [4.78, 5) is 0. The van der Waals surface area contributed by atoms with Gasteiger partial charge in [-0.2, -0.15) is 0 Å². The number of ether oxygens (including phenoxy) is 1. The van der Waals surface area contributed by atoms with E-state index in [1.54, 1.807) is 7.11 Å². The highest BCUT2D eigenvalue weighted by molar-refractivity contribution is 7.91. The Hall–Kier alpha value is -1.59. The molecule has 0 saturated carbocycles. The van der Waals surface area contributed by atoms with Crippen LogP contribution in [0.25, 0.3) is 10.8 Å². The highest BCUT2D eigenvalue weighted by Gasteiger charge is 2.27. The first kappa shape index (κ1) is 15.3. The van der Waals surface area contributed by atoms with Gasteiger partial charge in [-0.15, -0.1) is 0 Å². The first-order valence-corrected chi connectivity index (χ1v) is 9.37. The van der Waals surface area contributed by atoms with Gasteiger partial charge in [-0.1, -0.05) is 30.3 Å². The second kappa shape index (κ2) is 6.26. The van der Waals surface area contributed by atoms with Crippen LogP contribution in [0.3, 0.4) is 0 Å². The van der Waals surface area contributed by atoms with Crippen molar-refractivity contribution in [3.05, 3.63) is 42.0 Å². The van der Waals surface area contributed by atoms with E-state index in [-0.39, 0.29) is 5.92 Å². The van der Waals surface area contributed by atoms with Gasteiger partial charge in [0, 0.05) is 11.9 Å². The molecule has 1 saturated heterocycles. The molecule has 0 radical (unpaired) electrons. The molecule has 1 unspecified atom stereocenters. The number of benzene rings is 2. The van der Waals surface area contributed by atoms with Crippen LogP contribution in [0, 0.1) is 5.92 Å². The maximum Gasteiger partial charge on any atom is 0.150 e. The van der Waals surface area contributed by atoms with Crippen LogP contribution in [0.5, 0.6) is 5.75 Å². The van der Waals surface area contributed by atoms with E-state index in [1.165, 1.54) is 10.9 Å². The third-order valence-electron chi connectivity index (χ3n) is 4.27. The van der Waals surface area contributed by atoms with Crippen molar-refractivity contribution in [1.29, 1.82) is 0 Å². The van der Waals surface area contributed by atoms with E-state index in [2.05, 4.69) is 23.5 Å². The number of rotatable bonds is 5. The lowest BCUT2D eigenvalue weighted by Gasteiger charge is -2.13. The second-order valence-corrected chi connectivity index (χ2v) is 8.10. The molecule has 0 amide bonds. The molecule has 3 rings (SSSR count). The highest BCUT2D eigenvalue weighted by atomic mass is 32.2. The van der Waals surface area contributed by atoms with E-state index in [1.807, 2.05) is 18.2 Å². The minimum atomic E-state index is -2.79. The van der Waals surface area contributed by atoms with E-state index in [9.17, 15) is 8.42 Å². The Labute approximate surface area is 131 Å². The summed E-state index contributed by atoms with van der Waals surface area (Å²) < 4.78 is 28.4. The average Bonchev–Trinajstić information content (AvgIpc) is 2.86. The molecule has 5 heteroatoms. The highest BCUT2D eigenvalue weighted by Crippen LogP contribution is 2.28. The molecule has 1 heterocycles. The molecular formula is C17H21NO3S. The Bertz CT molecular complexity index is 771. The maximum absolute atomic E-state index is 11.5. The van der Waals surface area contributed by atoms with Crippen LogP contribution in [0.1, 0.15) is 12.0 Å². The van der Waals surface area contributed by atoms with Gasteiger partial charge in [-0.3, -0.25) is 0 Å². The topological polar surface area (TPSA) is 55.4 Å². The summed E-state index contributed by atoms with van der Waals surface area (Å²) in [5, 5.41) is 5.68. The van der Waals surface area contributed by atoms with Crippen molar-refractivity contribution < 1.29 is 13.2 Å². The largest absolute Gasteiger partial charge is 0.496 e. The van der Waals surface area contributed by atoms with Gasteiger partial charge in [-0.05, 0) is 35.9 Å². The standard InChI is InChI=1S/C17H21NO3S/c1-21-17-7-6-14(15-4-2-3-5-16(15)17)11-18-10-13-8-9-22(19,20)12-13/h2-7,13,18H,8-12H2,1H3. The van der Waals surface area contributed by atoms with Crippen molar-refractivity contribution in [3.63, 3.8) is 0 Å². The predicted molar refractivity (Wildman–Crippen MR) is 89.0 cm³/mol. The molecule has 22 heavy (non-hydrogen) atoms. The van der Waals surface area contributed by atoms with E-state index in [4.69, 9.17) is 4.74 Å². The second-order valence-electron chi connectivity index (χ2n) is 5.87. The van der Waals surface area contributed by atoms with Crippen LogP contribution in [0.15, 0.2) is 36.4 Å². The minimum Gasteiger partial charge on any atom is -0.496 e. The quantitative estimate of drug-likeness (QED) is 0.919. The van der Waals surface area contributed by atoms with Gasteiger partial charge < -0.3 is 10.1 Å². The summed E-state index contributed by atoms with van der Waals surface area (Å²) in [5.41, 5.74) is 1.21. The van der Waals surface area contributed by atoms with Gasteiger partial charge in [-0.25, -0.2) is 8.42 Å². The van der Waals surface area contributed by atoms with Crippen molar-refractivity contribution in [2.24, 2.45) is 5.92 Å². The lowest BCUT2D eigenvalue weighted by molar-refractivity contribution is 0.419. The first-order chi connectivity index (χ1) is 10.6. The summed E-state index contributed by atoms with van der Waals surface area (Å²) in [6.07, 6.45) is 0.776. The summed E-state index contributed by atoms with van der Waals surface area (Å²) in [5.74, 6) is 1.78. The third kappa shape index (κ3) is 3.25. The Morgan fingerprint density at radius 3 is 2.64 bits per heavy atom. The molecule has 0 aliphatic carbocycles. The van der Waals surface area contributed by atoms with Crippen molar-refractivity contribution >= 4 is 20.6 Å². The van der Waals surface area contributed by atoms with Crippen LogP contribution in [-0.4, -0.2) is 33.6 Å². The fourth-order valence-electron chi connectivity index (χ4n) is 3.11. The van der Waals surface area contributed by atoms with Crippen LogP contribution >= 0.6 is 0 Å². The van der Waals surface area contributed by atoms with Crippen molar-refractivity contribution in [2.45, 2.75) is 13.0 Å². The molecule has 1 aliphatic heterocycles. The molecular weight excluding hydrogens is 298 g/mol. The van der Waals surface area contributed by atoms with Crippen LogP contribution < -0.4 is 10.1 Å². The number of hydrogen-bond donors (Lipinski definition) is 1. The fourth-order valence-corrected chi connectivity index (χ4v) is 4.97. The normalized spacial score (nSPS) is 20.3. The van der Waals surface area contributed by atoms with Crippen molar-refractivity contribution in [2.75, 3.05) is 25.2 Å². The molecule has 2 aromatic rings.